The molecule has 1 atom stereocenters. The molecule has 1 aromatic carbocycles. The molecule has 0 aliphatic heterocycles. The van der Waals surface area contributed by atoms with Crippen LogP contribution in [-0.2, 0) is 4.79 Å². The Morgan fingerprint density at radius 2 is 2.00 bits per heavy atom. The summed E-state index contributed by atoms with van der Waals surface area (Å²) in [4.78, 5) is 11.5. The van der Waals surface area contributed by atoms with Crippen molar-refractivity contribution < 1.29 is 9.53 Å². The number of benzene rings is 1. The van der Waals surface area contributed by atoms with Gasteiger partial charge in [-0.3, -0.25) is 4.79 Å². The van der Waals surface area contributed by atoms with Gasteiger partial charge in [0.1, 0.15) is 5.75 Å². The van der Waals surface area contributed by atoms with Gasteiger partial charge in [0, 0.05) is 12.1 Å². The van der Waals surface area contributed by atoms with Gasteiger partial charge >= 0.3 is 0 Å². The summed E-state index contributed by atoms with van der Waals surface area (Å²) >= 11 is 0. The van der Waals surface area contributed by atoms with Crippen molar-refractivity contribution in [3.05, 3.63) is 35.9 Å². The molecule has 0 radical (unpaired) electrons. The lowest BCUT2D eigenvalue weighted by Gasteiger charge is -2.08. The van der Waals surface area contributed by atoms with E-state index in [4.69, 9.17) is 4.74 Å². The molecule has 3 nitrogen and oxygen atoms in total. The number of hydrogen-bond donors (Lipinski definition) is 1. The molecule has 0 saturated carbocycles. The van der Waals surface area contributed by atoms with Gasteiger partial charge < -0.3 is 10.1 Å². The molecule has 0 heterocycles. The number of hydrogen-bond acceptors (Lipinski definition) is 2. The van der Waals surface area contributed by atoms with Crippen LogP contribution < -0.4 is 10.1 Å². The van der Waals surface area contributed by atoms with Crippen molar-refractivity contribution in [1.82, 2.24) is 5.32 Å². The molecule has 0 unspecified atom stereocenters. The lowest BCUT2D eigenvalue weighted by molar-refractivity contribution is -0.117. The number of carbonyl (C=O) groups is 1. The van der Waals surface area contributed by atoms with Gasteiger partial charge in [-0.1, -0.05) is 19.1 Å². The van der Waals surface area contributed by atoms with Crippen LogP contribution in [0, 0.1) is 0 Å². The van der Waals surface area contributed by atoms with E-state index in [1.807, 2.05) is 45.0 Å². The Morgan fingerprint density at radius 1 is 1.33 bits per heavy atom. The van der Waals surface area contributed by atoms with Gasteiger partial charge in [-0.2, -0.15) is 0 Å². The molecule has 1 amide bonds. The minimum absolute atomic E-state index is 0.0572. The van der Waals surface area contributed by atoms with Gasteiger partial charge in [0.2, 0.25) is 5.91 Å². The van der Waals surface area contributed by atoms with Gasteiger partial charge in [0.15, 0.2) is 0 Å². The Kier molecular flexibility index (Phi) is 5.98. The van der Waals surface area contributed by atoms with Crippen LogP contribution in [0.5, 0.6) is 5.75 Å². The Labute approximate surface area is 109 Å². The molecule has 0 bridgehead atoms. The normalized spacial score (nSPS) is 12.4. The van der Waals surface area contributed by atoms with E-state index in [1.165, 1.54) is 0 Å². The molecule has 0 saturated heterocycles. The highest BCUT2D eigenvalue weighted by atomic mass is 16.5. The number of nitrogens with one attached hydrogen (secondary N) is 1. The predicted octanol–water partition coefficient (Wildman–Crippen LogP) is 3.01. The average molecular weight is 247 g/mol. The monoisotopic (exact) mass is 247 g/mol. The molecule has 0 aromatic heterocycles. The summed E-state index contributed by atoms with van der Waals surface area (Å²) in [6.45, 7) is 6.64. The summed E-state index contributed by atoms with van der Waals surface area (Å²) in [5, 5.41) is 2.88. The van der Waals surface area contributed by atoms with Crippen molar-refractivity contribution in [2.75, 3.05) is 6.61 Å². The van der Waals surface area contributed by atoms with Crippen molar-refractivity contribution in [2.24, 2.45) is 0 Å². The summed E-state index contributed by atoms with van der Waals surface area (Å²) in [6, 6.07) is 7.86. The van der Waals surface area contributed by atoms with Gasteiger partial charge in [-0.25, -0.2) is 0 Å². The first-order valence-corrected chi connectivity index (χ1v) is 6.37. The molecule has 0 aliphatic rings. The Morgan fingerprint density at radius 3 is 2.56 bits per heavy atom. The molecule has 98 valence electrons. The van der Waals surface area contributed by atoms with Crippen LogP contribution in [0.15, 0.2) is 30.3 Å². The Balaban J connectivity index is 2.53. The molecule has 1 N–H and O–H groups in total. The fraction of sp³-hybridized carbons (Fsp3) is 0.400. The van der Waals surface area contributed by atoms with E-state index in [2.05, 4.69) is 5.32 Å². The van der Waals surface area contributed by atoms with Crippen LogP contribution in [0.3, 0.4) is 0 Å². The molecule has 3 heteroatoms. The highest BCUT2D eigenvalue weighted by Gasteiger charge is 2.00. The predicted molar refractivity (Wildman–Crippen MR) is 74.5 cm³/mol. The summed E-state index contributed by atoms with van der Waals surface area (Å²) in [5.41, 5.74) is 0.984. The first kappa shape index (κ1) is 14.3. The third-order valence-electron chi connectivity index (χ3n) is 2.62. The summed E-state index contributed by atoms with van der Waals surface area (Å²) in [7, 11) is 0. The number of rotatable bonds is 6. The third kappa shape index (κ3) is 5.04. The van der Waals surface area contributed by atoms with Crippen molar-refractivity contribution in [3.63, 3.8) is 0 Å². The maximum Gasteiger partial charge on any atom is 0.244 e. The smallest absolute Gasteiger partial charge is 0.244 e. The van der Waals surface area contributed by atoms with Gasteiger partial charge in [-0.05, 0) is 44.0 Å². The minimum atomic E-state index is -0.0572. The van der Waals surface area contributed by atoms with Crippen molar-refractivity contribution in [2.45, 2.75) is 33.2 Å². The maximum absolute atomic E-state index is 11.5. The third-order valence-corrected chi connectivity index (χ3v) is 2.62. The van der Waals surface area contributed by atoms with Crippen LogP contribution in [0.4, 0.5) is 0 Å². The zero-order chi connectivity index (χ0) is 13.4. The molecule has 1 rings (SSSR count). The van der Waals surface area contributed by atoms with Crippen LogP contribution in [0.1, 0.15) is 32.8 Å². The first-order chi connectivity index (χ1) is 8.65. The van der Waals surface area contributed by atoms with E-state index in [1.54, 1.807) is 12.2 Å². The Bertz CT molecular complexity index is 395. The van der Waals surface area contributed by atoms with Crippen molar-refractivity contribution in [3.8, 4) is 5.75 Å². The fourth-order valence-corrected chi connectivity index (χ4v) is 1.41. The van der Waals surface area contributed by atoms with Crippen LogP contribution >= 0.6 is 0 Å². The van der Waals surface area contributed by atoms with Gasteiger partial charge in [-0.15, -0.1) is 0 Å². The summed E-state index contributed by atoms with van der Waals surface area (Å²) in [6.07, 6.45) is 4.29. The average Bonchev–Trinajstić information content (AvgIpc) is 2.38. The lowest BCUT2D eigenvalue weighted by Crippen LogP contribution is -2.30. The standard InChI is InChI=1S/C15H21NO2/c1-4-12(3)16-15(17)11-8-13-6-9-14(10-7-13)18-5-2/h6-12H,4-5H2,1-3H3,(H,16,17)/b11-8+/t12-/m1/s1. The SMILES string of the molecule is CCOc1ccc(/C=C/C(=O)N[C@H](C)CC)cc1. The molecule has 1 aromatic rings. The van der Waals surface area contributed by atoms with E-state index in [9.17, 15) is 4.79 Å². The molecule has 0 spiro atoms. The van der Waals surface area contributed by atoms with E-state index >= 15 is 0 Å². The quantitative estimate of drug-likeness (QED) is 0.785. The molecule has 0 aliphatic carbocycles. The zero-order valence-corrected chi connectivity index (χ0v) is 11.3. The van der Waals surface area contributed by atoms with Crippen molar-refractivity contribution in [1.29, 1.82) is 0 Å². The lowest BCUT2D eigenvalue weighted by atomic mass is 10.2. The largest absolute Gasteiger partial charge is 0.494 e. The second kappa shape index (κ2) is 7.54. The van der Waals surface area contributed by atoms with E-state index in [0.29, 0.717) is 6.61 Å². The van der Waals surface area contributed by atoms with Gasteiger partial charge in [0.05, 0.1) is 6.61 Å². The maximum atomic E-state index is 11.5. The molecule has 0 fully saturated rings. The second-order valence-electron chi connectivity index (χ2n) is 4.15. The molecular formula is C15H21NO2. The highest BCUT2D eigenvalue weighted by Crippen LogP contribution is 2.12. The van der Waals surface area contributed by atoms with Crippen LogP contribution in [0.2, 0.25) is 0 Å². The van der Waals surface area contributed by atoms with E-state index in [-0.39, 0.29) is 11.9 Å². The minimum Gasteiger partial charge on any atom is -0.494 e. The van der Waals surface area contributed by atoms with E-state index < -0.39 is 0 Å². The zero-order valence-electron chi connectivity index (χ0n) is 11.3. The van der Waals surface area contributed by atoms with Crippen LogP contribution in [0.25, 0.3) is 6.08 Å². The highest BCUT2D eigenvalue weighted by molar-refractivity contribution is 5.91. The fourth-order valence-electron chi connectivity index (χ4n) is 1.41. The summed E-state index contributed by atoms with van der Waals surface area (Å²) < 4.78 is 5.35. The Hall–Kier alpha value is -1.77. The topological polar surface area (TPSA) is 38.3 Å². The molecule has 18 heavy (non-hydrogen) atoms. The first-order valence-electron chi connectivity index (χ1n) is 6.37. The second-order valence-corrected chi connectivity index (χ2v) is 4.15. The number of carbonyl (C=O) groups excluding carboxylic acids is 1. The van der Waals surface area contributed by atoms with Crippen molar-refractivity contribution >= 4 is 12.0 Å². The molecular weight excluding hydrogens is 226 g/mol. The van der Waals surface area contributed by atoms with Gasteiger partial charge in [0.25, 0.3) is 0 Å². The van der Waals surface area contributed by atoms with Crippen LogP contribution in [-0.4, -0.2) is 18.6 Å². The number of amides is 1. The van der Waals surface area contributed by atoms with E-state index in [0.717, 1.165) is 17.7 Å². The summed E-state index contributed by atoms with van der Waals surface area (Å²) in [5.74, 6) is 0.789. The number of ether oxygens (including phenoxy) is 1.